The average molecular weight is 206 g/mol. The molecule has 0 bridgehead atoms. The molecular formula is C13H18S. The van der Waals surface area contributed by atoms with Crippen molar-refractivity contribution in [2.75, 3.05) is 0 Å². The number of rotatable bonds is 3. The standard InChI is InChI=1S/C13H18S/c1-9(2)12(5)14-13-10(3)7-6-8-11(13)4/h6-8,12H,1H2,2-5H3. The van der Waals surface area contributed by atoms with Crippen LogP contribution in [0.5, 0.6) is 0 Å². The highest BCUT2D eigenvalue weighted by molar-refractivity contribution is 8.00. The summed E-state index contributed by atoms with van der Waals surface area (Å²) in [7, 11) is 0. The van der Waals surface area contributed by atoms with Crippen molar-refractivity contribution in [1.82, 2.24) is 0 Å². The molecule has 14 heavy (non-hydrogen) atoms. The average Bonchev–Trinajstić information content (AvgIpc) is 2.11. The lowest BCUT2D eigenvalue weighted by molar-refractivity contribution is 1.11. The molecule has 0 saturated carbocycles. The molecule has 0 aliphatic rings. The molecule has 1 heteroatoms. The fraction of sp³-hybridized carbons (Fsp3) is 0.385. The maximum atomic E-state index is 3.99. The van der Waals surface area contributed by atoms with Gasteiger partial charge in [-0.3, -0.25) is 0 Å². The predicted molar refractivity (Wildman–Crippen MR) is 66.0 cm³/mol. The third-order valence-corrected chi connectivity index (χ3v) is 4.03. The van der Waals surface area contributed by atoms with Gasteiger partial charge in [-0.05, 0) is 38.8 Å². The van der Waals surface area contributed by atoms with E-state index in [1.54, 1.807) is 0 Å². The third kappa shape index (κ3) is 2.65. The maximum Gasteiger partial charge on any atom is 0.0270 e. The van der Waals surface area contributed by atoms with Crippen LogP contribution in [-0.2, 0) is 0 Å². The van der Waals surface area contributed by atoms with Gasteiger partial charge in [0, 0.05) is 10.1 Å². The Kier molecular flexibility index (Phi) is 3.82. The van der Waals surface area contributed by atoms with Crippen molar-refractivity contribution >= 4 is 11.8 Å². The van der Waals surface area contributed by atoms with E-state index >= 15 is 0 Å². The largest absolute Gasteiger partial charge is 0.118 e. The highest BCUT2D eigenvalue weighted by Gasteiger charge is 2.08. The van der Waals surface area contributed by atoms with Gasteiger partial charge in [0.15, 0.2) is 0 Å². The molecule has 0 nitrogen and oxygen atoms in total. The Hall–Kier alpha value is -0.690. The van der Waals surface area contributed by atoms with E-state index in [-0.39, 0.29) is 0 Å². The van der Waals surface area contributed by atoms with Crippen LogP contribution in [0.3, 0.4) is 0 Å². The zero-order valence-electron chi connectivity index (χ0n) is 9.42. The van der Waals surface area contributed by atoms with Crippen molar-refractivity contribution in [3.05, 3.63) is 41.5 Å². The first-order valence-electron chi connectivity index (χ1n) is 4.90. The van der Waals surface area contributed by atoms with Gasteiger partial charge in [-0.1, -0.05) is 30.4 Å². The van der Waals surface area contributed by atoms with Crippen molar-refractivity contribution in [1.29, 1.82) is 0 Å². The molecule has 1 atom stereocenters. The number of aryl methyl sites for hydroxylation is 2. The van der Waals surface area contributed by atoms with Gasteiger partial charge in [0.05, 0.1) is 0 Å². The monoisotopic (exact) mass is 206 g/mol. The van der Waals surface area contributed by atoms with Gasteiger partial charge < -0.3 is 0 Å². The molecule has 1 aromatic rings. The molecule has 1 aromatic carbocycles. The quantitative estimate of drug-likeness (QED) is 0.523. The second kappa shape index (κ2) is 4.70. The molecule has 0 saturated heterocycles. The van der Waals surface area contributed by atoms with E-state index in [4.69, 9.17) is 0 Å². The minimum Gasteiger partial charge on any atom is -0.118 e. The number of hydrogen-bond donors (Lipinski definition) is 0. The number of benzene rings is 1. The lowest BCUT2D eigenvalue weighted by Crippen LogP contribution is -1.98. The first-order chi connectivity index (χ1) is 6.52. The summed E-state index contributed by atoms with van der Waals surface area (Å²) in [4.78, 5) is 1.41. The summed E-state index contributed by atoms with van der Waals surface area (Å²) in [5.41, 5.74) is 3.96. The molecule has 0 spiro atoms. The van der Waals surface area contributed by atoms with Gasteiger partial charge in [0.1, 0.15) is 0 Å². The van der Waals surface area contributed by atoms with E-state index in [1.165, 1.54) is 21.6 Å². The molecule has 1 unspecified atom stereocenters. The Bertz CT molecular complexity index is 319. The van der Waals surface area contributed by atoms with Crippen LogP contribution in [-0.4, -0.2) is 5.25 Å². The number of thioether (sulfide) groups is 1. The third-order valence-electron chi connectivity index (χ3n) is 2.40. The van der Waals surface area contributed by atoms with Crippen LogP contribution >= 0.6 is 11.8 Å². The molecule has 0 aliphatic carbocycles. The van der Waals surface area contributed by atoms with Gasteiger partial charge in [0.25, 0.3) is 0 Å². The van der Waals surface area contributed by atoms with E-state index in [0.717, 1.165) is 0 Å². The molecule has 0 radical (unpaired) electrons. The molecule has 0 aromatic heterocycles. The molecule has 0 heterocycles. The molecular weight excluding hydrogens is 188 g/mol. The van der Waals surface area contributed by atoms with Crippen molar-refractivity contribution in [2.24, 2.45) is 0 Å². The summed E-state index contributed by atoms with van der Waals surface area (Å²) in [6, 6.07) is 6.45. The SMILES string of the molecule is C=C(C)C(C)Sc1c(C)cccc1C. The smallest absolute Gasteiger partial charge is 0.0270 e. The minimum absolute atomic E-state index is 0.495. The second-order valence-electron chi connectivity index (χ2n) is 3.83. The minimum atomic E-state index is 0.495. The summed E-state index contributed by atoms with van der Waals surface area (Å²) < 4.78 is 0. The number of hydrogen-bond acceptors (Lipinski definition) is 1. The van der Waals surface area contributed by atoms with Gasteiger partial charge in [-0.15, -0.1) is 11.8 Å². The van der Waals surface area contributed by atoms with Crippen LogP contribution in [0.1, 0.15) is 25.0 Å². The fourth-order valence-electron chi connectivity index (χ4n) is 1.26. The van der Waals surface area contributed by atoms with Crippen LogP contribution in [0.2, 0.25) is 0 Å². The van der Waals surface area contributed by atoms with Gasteiger partial charge >= 0.3 is 0 Å². The topological polar surface area (TPSA) is 0 Å². The molecule has 0 aliphatic heterocycles. The Balaban J connectivity index is 2.91. The van der Waals surface area contributed by atoms with Crippen molar-refractivity contribution in [3.8, 4) is 0 Å². The Morgan fingerprint density at radius 1 is 1.29 bits per heavy atom. The van der Waals surface area contributed by atoms with Crippen molar-refractivity contribution in [3.63, 3.8) is 0 Å². The Labute approximate surface area is 91.4 Å². The molecule has 1 rings (SSSR count). The summed E-state index contributed by atoms with van der Waals surface area (Å²) in [5, 5.41) is 0.495. The lowest BCUT2D eigenvalue weighted by Gasteiger charge is -2.14. The summed E-state index contributed by atoms with van der Waals surface area (Å²) in [5.74, 6) is 0. The van der Waals surface area contributed by atoms with Gasteiger partial charge in [-0.25, -0.2) is 0 Å². The van der Waals surface area contributed by atoms with E-state index in [1.807, 2.05) is 11.8 Å². The van der Waals surface area contributed by atoms with E-state index in [0.29, 0.717) is 5.25 Å². The van der Waals surface area contributed by atoms with Crippen LogP contribution in [0, 0.1) is 13.8 Å². The summed E-state index contributed by atoms with van der Waals surface area (Å²) >= 11 is 1.91. The van der Waals surface area contributed by atoms with Crippen molar-refractivity contribution < 1.29 is 0 Å². The molecule has 0 N–H and O–H groups in total. The molecule has 0 amide bonds. The highest BCUT2D eigenvalue weighted by atomic mass is 32.2. The maximum absolute atomic E-state index is 3.99. The zero-order chi connectivity index (χ0) is 10.7. The van der Waals surface area contributed by atoms with Crippen molar-refractivity contribution in [2.45, 2.75) is 37.8 Å². The van der Waals surface area contributed by atoms with E-state index < -0.39 is 0 Å². The van der Waals surface area contributed by atoms with Crippen LogP contribution in [0.25, 0.3) is 0 Å². The van der Waals surface area contributed by atoms with Crippen LogP contribution in [0.15, 0.2) is 35.2 Å². The Morgan fingerprint density at radius 3 is 2.21 bits per heavy atom. The van der Waals surface area contributed by atoms with Gasteiger partial charge in [0.2, 0.25) is 0 Å². The second-order valence-corrected chi connectivity index (χ2v) is 5.18. The van der Waals surface area contributed by atoms with Crippen LogP contribution < -0.4 is 0 Å². The first-order valence-corrected chi connectivity index (χ1v) is 5.78. The summed E-state index contributed by atoms with van der Waals surface area (Å²) in [6.45, 7) is 12.6. The van der Waals surface area contributed by atoms with E-state index in [2.05, 4.69) is 52.5 Å². The molecule has 0 fully saturated rings. The first kappa shape index (κ1) is 11.4. The van der Waals surface area contributed by atoms with Crippen LogP contribution in [0.4, 0.5) is 0 Å². The normalized spacial score (nSPS) is 12.6. The lowest BCUT2D eigenvalue weighted by atomic mass is 10.2. The van der Waals surface area contributed by atoms with Gasteiger partial charge in [-0.2, -0.15) is 0 Å². The van der Waals surface area contributed by atoms with E-state index in [9.17, 15) is 0 Å². The Morgan fingerprint density at radius 2 is 1.79 bits per heavy atom. The summed E-state index contributed by atoms with van der Waals surface area (Å²) in [6.07, 6.45) is 0. The highest BCUT2D eigenvalue weighted by Crippen LogP contribution is 2.31. The zero-order valence-corrected chi connectivity index (χ0v) is 10.2. The fourth-order valence-corrected chi connectivity index (χ4v) is 2.33. The molecule has 76 valence electrons. The predicted octanol–water partition coefficient (Wildman–Crippen LogP) is 4.36.